The molecule has 0 atom stereocenters. The number of furan rings is 1. The minimum absolute atomic E-state index is 0.882. The highest BCUT2D eigenvalue weighted by Crippen LogP contribution is 2.46. The maximum absolute atomic E-state index is 6.54. The lowest BCUT2D eigenvalue weighted by molar-refractivity contribution is 0.670. The summed E-state index contributed by atoms with van der Waals surface area (Å²) in [6.45, 7) is 0. The summed E-state index contributed by atoms with van der Waals surface area (Å²) >= 11 is 0. The van der Waals surface area contributed by atoms with E-state index in [4.69, 9.17) is 4.42 Å². The van der Waals surface area contributed by atoms with Crippen LogP contribution in [0.4, 0.5) is 11.4 Å². The van der Waals surface area contributed by atoms with E-state index >= 15 is 0 Å². The van der Waals surface area contributed by atoms with E-state index in [0.717, 1.165) is 55.6 Å². The number of rotatable bonds is 5. The molecule has 0 aliphatic heterocycles. The van der Waals surface area contributed by atoms with Crippen molar-refractivity contribution < 1.29 is 4.42 Å². The van der Waals surface area contributed by atoms with Gasteiger partial charge in [-0.1, -0.05) is 121 Å². The van der Waals surface area contributed by atoms with E-state index in [1.165, 1.54) is 11.1 Å². The standard InChI is InChI=1S/C36H25NO/c1-4-12-25(13-5-1)26-20-22-29(23-21-26)37-35-31(27-14-6-2-7-15-27)24-32(28-16-8-3-9-17-28)36-34(35)30-18-10-11-19-33(30)38-36/h1-24,37H. The maximum atomic E-state index is 6.54. The van der Waals surface area contributed by atoms with Crippen LogP contribution >= 0.6 is 0 Å². The topological polar surface area (TPSA) is 25.2 Å². The van der Waals surface area contributed by atoms with Gasteiger partial charge in [-0.05, 0) is 46.5 Å². The first-order chi connectivity index (χ1) is 18.8. The maximum Gasteiger partial charge on any atom is 0.145 e. The van der Waals surface area contributed by atoms with Crippen LogP contribution in [0.2, 0.25) is 0 Å². The summed E-state index contributed by atoms with van der Waals surface area (Å²) in [5.41, 5.74) is 10.7. The Morgan fingerprint density at radius 3 is 1.63 bits per heavy atom. The summed E-state index contributed by atoms with van der Waals surface area (Å²) in [4.78, 5) is 0. The molecular weight excluding hydrogens is 462 g/mol. The van der Waals surface area contributed by atoms with Crippen LogP contribution in [0.1, 0.15) is 0 Å². The van der Waals surface area contributed by atoms with Crippen molar-refractivity contribution >= 4 is 33.3 Å². The first-order valence-electron chi connectivity index (χ1n) is 12.9. The molecule has 0 aliphatic rings. The van der Waals surface area contributed by atoms with Crippen molar-refractivity contribution in [3.63, 3.8) is 0 Å². The smallest absolute Gasteiger partial charge is 0.145 e. The summed E-state index contributed by atoms with van der Waals surface area (Å²) in [6.07, 6.45) is 0. The quantitative estimate of drug-likeness (QED) is 0.261. The molecule has 1 aromatic heterocycles. The molecule has 2 heteroatoms. The highest BCUT2D eigenvalue weighted by atomic mass is 16.3. The Kier molecular flexibility index (Phi) is 5.49. The molecule has 0 amide bonds. The summed E-state index contributed by atoms with van der Waals surface area (Å²) in [6, 6.07) is 50.7. The zero-order chi connectivity index (χ0) is 25.3. The lowest BCUT2D eigenvalue weighted by atomic mass is 9.93. The number of para-hydroxylation sites is 1. The first-order valence-corrected chi connectivity index (χ1v) is 12.9. The molecule has 7 aromatic rings. The van der Waals surface area contributed by atoms with Gasteiger partial charge < -0.3 is 9.73 Å². The van der Waals surface area contributed by atoms with Gasteiger partial charge in [0.15, 0.2) is 0 Å². The third-order valence-corrected chi connectivity index (χ3v) is 7.08. The van der Waals surface area contributed by atoms with Crippen molar-refractivity contribution in [1.29, 1.82) is 0 Å². The molecule has 0 unspecified atom stereocenters. The van der Waals surface area contributed by atoms with Gasteiger partial charge >= 0.3 is 0 Å². The number of nitrogens with one attached hydrogen (secondary N) is 1. The fraction of sp³-hybridized carbons (Fsp3) is 0. The van der Waals surface area contributed by atoms with Crippen molar-refractivity contribution in [2.45, 2.75) is 0 Å². The Hall–Kier alpha value is -5.08. The number of fused-ring (bicyclic) bond motifs is 3. The molecule has 180 valence electrons. The predicted octanol–water partition coefficient (Wildman–Crippen LogP) is 10.3. The van der Waals surface area contributed by atoms with Crippen molar-refractivity contribution in [3.8, 4) is 33.4 Å². The van der Waals surface area contributed by atoms with E-state index in [1.807, 2.05) is 24.3 Å². The molecule has 0 spiro atoms. The normalized spacial score (nSPS) is 11.2. The minimum Gasteiger partial charge on any atom is -0.455 e. The van der Waals surface area contributed by atoms with Crippen molar-refractivity contribution in [2.24, 2.45) is 0 Å². The molecule has 0 saturated carbocycles. The lowest BCUT2D eigenvalue weighted by Crippen LogP contribution is -1.96. The second-order valence-electron chi connectivity index (χ2n) is 9.45. The zero-order valence-corrected chi connectivity index (χ0v) is 20.8. The van der Waals surface area contributed by atoms with Gasteiger partial charge in [0.2, 0.25) is 0 Å². The van der Waals surface area contributed by atoms with Crippen molar-refractivity contribution in [3.05, 3.63) is 146 Å². The van der Waals surface area contributed by atoms with Gasteiger partial charge in [0, 0.05) is 22.2 Å². The molecule has 6 aromatic carbocycles. The molecule has 7 rings (SSSR count). The monoisotopic (exact) mass is 487 g/mol. The Morgan fingerprint density at radius 2 is 0.974 bits per heavy atom. The molecular formula is C36H25NO. The van der Waals surface area contributed by atoms with E-state index in [9.17, 15) is 0 Å². The summed E-state index contributed by atoms with van der Waals surface area (Å²) in [5, 5.41) is 5.98. The summed E-state index contributed by atoms with van der Waals surface area (Å²) in [5.74, 6) is 0. The van der Waals surface area contributed by atoms with Crippen LogP contribution in [0.15, 0.2) is 150 Å². The highest BCUT2D eigenvalue weighted by Gasteiger charge is 2.21. The second kappa shape index (κ2) is 9.42. The third kappa shape index (κ3) is 3.93. The van der Waals surface area contributed by atoms with Crippen LogP contribution in [-0.4, -0.2) is 0 Å². The average molecular weight is 488 g/mol. The van der Waals surface area contributed by atoms with Gasteiger partial charge in [0.1, 0.15) is 11.2 Å². The van der Waals surface area contributed by atoms with Gasteiger partial charge in [-0.15, -0.1) is 0 Å². The van der Waals surface area contributed by atoms with E-state index in [-0.39, 0.29) is 0 Å². The van der Waals surface area contributed by atoms with Crippen LogP contribution in [0.5, 0.6) is 0 Å². The molecule has 0 aliphatic carbocycles. The largest absolute Gasteiger partial charge is 0.455 e. The second-order valence-corrected chi connectivity index (χ2v) is 9.45. The van der Waals surface area contributed by atoms with Crippen molar-refractivity contribution in [2.75, 3.05) is 5.32 Å². The first kappa shape index (κ1) is 22.1. The number of hydrogen-bond donors (Lipinski definition) is 1. The molecule has 0 fully saturated rings. The fourth-order valence-corrected chi connectivity index (χ4v) is 5.23. The number of hydrogen-bond acceptors (Lipinski definition) is 2. The SMILES string of the molecule is c1ccc(-c2ccc(Nc3c(-c4ccccc4)cc(-c4ccccc4)c4oc5ccccc5c34)cc2)cc1. The fourth-order valence-electron chi connectivity index (χ4n) is 5.23. The van der Waals surface area contributed by atoms with E-state index < -0.39 is 0 Å². The molecule has 2 nitrogen and oxygen atoms in total. The van der Waals surface area contributed by atoms with Crippen LogP contribution in [0.3, 0.4) is 0 Å². The molecule has 0 bridgehead atoms. The van der Waals surface area contributed by atoms with Crippen LogP contribution < -0.4 is 5.32 Å². The Balaban J connectivity index is 1.47. The van der Waals surface area contributed by atoms with Crippen molar-refractivity contribution in [1.82, 2.24) is 0 Å². The van der Waals surface area contributed by atoms with Crippen LogP contribution in [-0.2, 0) is 0 Å². The summed E-state index contributed by atoms with van der Waals surface area (Å²) in [7, 11) is 0. The van der Waals surface area contributed by atoms with E-state index in [0.29, 0.717) is 0 Å². The summed E-state index contributed by atoms with van der Waals surface area (Å²) < 4.78 is 6.54. The van der Waals surface area contributed by atoms with E-state index in [2.05, 4.69) is 127 Å². The lowest BCUT2D eigenvalue weighted by Gasteiger charge is -2.17. The molecule has 1 N–H and O–H groups in total. The van der Waals surface area contributed by atoms with Crippen LogP contribution in [0, 0.1) is 0 Å². The highest BCUT2D eigenvalue weighted by molar-refractivity contribution is 6.19. The molecule has 38 heavy (non-hydrogen) atoms. The van der Waals surface area contributed by atoms with Crippen LogP contribution in [0.25, 0.3) is 55.3 Å². The Morgan fingerprint density at radius 1 is 0.447 bits per heavy atom. The minimum atomic E-state index is 0.882. The van der Waals surface area contributed by atoms with Gasteiger partial charge in [0.05, 0.1) is 11.1 Å². The average Bonchev–Trinajstić information content (AvgIpc) is 3.39. The van der Waals surface area contributed by atoms with Gasteiger partial charge in [-0.25, -0.2) is 0 Å². The molecule has 0 radical (unpaired) electrons. The molecule has 1 heterocycles. The van der Waals surface area contributed by atoms with Gasteiger partial charge in [0.25, 0.3) is 0 Å². The molecule has 0 saturated heterocycles. The Bertz CT molecular complexity index is 1850. The zero-order valence-electron chi connectivity index (χ0n) is 20.8. The number of benzene rings is 6. The Labute approximate surface area is 221 Å². The van der Waals surface area contributed by atoms with Gasteiger partial charge in [-0.2, -0.15) is 0 Å². The third-order valence-electron chi connectivity index (χ3n) is 7.08. The number of anilines is 2. The van der Waals surface area contributed by atoms with Gasteiger partial charge in [-0.3, -0.25) is 0 Å². The van der Waals surface area contributed by atoms with E-state index in [1.54, 1.807) is 0 Å². The predicted molar refractivity (Wildman–Crippen MR) is 160 cm³/mol.